The average Bonchev–Trinajstić information content (AvgIpc) is 2.20. The number of aliphatic imine (C=N–C) groups is 1. The van der Waals surface area contributed by atoms with E-state index in [1.807, 2.05) is 12.4 Å². The van der Waals surface area contributed by atoms with Gasteiger partial charge in [-0.05, 0) is 12.5 Å². The summed E-state index contributed by atoms with van der Waals surface area (Å²) in [5.74, 6) is 0. The molecule has 0 aromatic carbocycles. The second-order valence-corrected chi connectivity index (χ2v) is 3.02. The second kappa shape index (κ2) is 3.44. The van der Waals surface area contributed by atoms with Gasteiger partial charge >= 0.3 is 0 Å². The van der Waals surface area contributed by atoms with Crippen LogP contribution < -0.4 is 5.32 Å². The second-order valence-electron chi connectivity index (χ2n) is 3.02. The van der Waals surface area contributed by atoms with Crippen molar-refractivity contribution in [3.63, 3.8) is 0 Å². The largest absolute Gasteiger partial charge is 0.359 e. The van der Waals surface area contributed by atoms with Crippen molar-refractivity contribution < 1.29 is 0 Å². The summed E-state index contributed by atoms with van der Waals surface area (Å²) in [4.78, 5) is 4.05. The monoisotopic (exact) mass is 171 g/mol. The van der Waals surface area contributed by atoms with Gasteiger partial charge in [-0.25, -0.2) is 0 Å². The predicted octanol–water partition coefficient (Wildman–Crippen LogP) is 2.11. The van der Waals surface area contributed by atoms with Crippen molar-refractivity contribution in [2.75, 3.05) is 0 Å². The van der Waals surface area contributed by atoms with Crippen molar-refractivity contribution in [2.24, 2.45) is 4.99 Å². The van der Waals surface area contributed by atoms with Gasteiger partial charge in [0.1, 0.15) is 0 Å². The smallest absolute Gasteiger partial charge is 0.0605 e. The Bertz CT molecular complexity index is 354. The fourth-order valence-corrected chi connectivity index (χ4v) is 1.22. The number of nitrogens with one attached hydrogen (secondary N) is 1. The first kappa shape index (κ1) is 8.05. The molecule has 0 saturated heterocycles. The maximum Gasteiger partial charge on any atom is 0.0605 e. The van der Waals surface area contributed by atoms with Gasteiger partial charge in [-0.3, -0.25) is 4.99 Å². The third-order valence-corrected chi connectivity index (χ3v) is 1.97. The lowest BCUT2D eigenvalue weighted by atomic mass is 10.0. The van der Waals surface area contributed by atoms with E-state index in [0.717, 1.165) is 5.70 Å². The molecule has 0 aromatic heterocycles. The SMILES string of the molecule is CC1=C[CH]/C(=C2\C=NC=CN2)C=C1. The van der Waals surface area contributed by atoms with Crippen LogP contribution in [0.2, 0.25) is 0 Å². The molecule has 1 aliphatic heterocycles. The van der Waals surface area contributed by atoms with Crippen LogP contribution in [-0.4, -0.2) is 6.21 Å². The Labute approximate surface area is 78.1 Å². The minimum atomic E-state index is 1.04. The van der Waals surface area contributed by atoms with Crippen LogP contribution >= 0.6 is 0 Å². The van der Waals surface area contributed by atoms with E-state index < -0.39 is 0 Å². The summed E-state index contributed by atoms with van der Waals surface area (Å²) in [6.45, 7) is 2.08. The number of hydrogen-bond acceptors (Lipinski definition) is 2. The first-order valence-corrected chi connectivity index (χ1v) is 4.25. The Hall–Kier alpha value is -1.57. The van der Waals surface area contributed by atoms with Crippen molar-refractivity contribution in [1.29, 1.82) is 0 Å². The van der Waals surface area contributed by atoms with Crippen LogP contribution in [0, 0.1) is 6.42 Å². The maximum absolute atomic E-state index is 4.05. The molecule has 2 nitrogen and oxygen atoms in total. The number of rotatable bonds is 0. The van der Waals surface area contributed by atoms with Crippen molar-refractivity contribution in [3.05, 3.63) is 53.9 Å². The van der Waals surface area contributed by atoms with Gasteiger partial charge in [0.2, 0.25) is 0 Å². The van der Waals surface area contributed by atoms with Crippen LogP contribution in [-0.2, 0) is 0 Å². The molecule has 0 amide bonds. The molecule has 0 aromatic rings. The zero-order valence-electron chi connectivity index (χ0n) is 7.49. The molecule has 1 heterocycles. The molecule has 2 aliphatic rings. The summed E-state index contributed by atoms with van der Waals surface area (Å²) < 4.78 is 0. The molecule has 0 unspecified atom stereocenters. The first-order valence-electron chi connectivity index (χ1n) is 4.25. The van der Waals surface area contributed by atoms with Crippen LogP contribution in [0.4, 0.5) is 0 Å². The molecule has 65 valence electrons. The van der Waals surface area contributed by atoms with Gasteiger partial charge in [-0.1, -0.05) is 23.8 Å². The number of allylic oxidation sites excluding steroid dienone is 6. The lowest BCUT2D eigenvalue weighted by Gasteiger charge is -2.11. The highest BCUT2D eigenvalue weighted by atomic mass is 14.9. The Morgan fingerprint density at radius 2 is 2.23 bits per heavy atom. The summed E-state index contributed by atoms with van der Waals surface area (Å²) in [5, 5.41) is 3.14. The zero-order valence-corrected chi connectivity index (χ0v) is 7.49. The van der Waals surface area contributed by atoms with Crippen LogP contribution in [0.1, 0.15) is 6.92 Å². The highest BCUT2D eigenvalue weighted by Gasteiger charge is 2.04. The highest BCUT2D eigenvalue weighted by Crippen LogP contribution is 2.16. The molecule has 13 heavy (non-hydrogen) atoms. The molecule has 2 heteroatoms. The molecule has 2 rings (SSSR count). The Kier molecular flexibility index (Phi) is 2.13. The third-order valence-electron chi connectivity index (χ3n) is 1.97. The lowest BCUT2D eigenvalue weighted by Crippen LogP contribution is -2.12. The predicted molar refractivity (Wildman–Crippen MR) is 55.0 cm³/mol. The molecule has 0 atom stereocenters. The standard InChI is InChI=1S/C11H11N2/c1-9-2-4-10(5-3-9)11-8-12-6-7-13-11/h2-8,13H,1H3. The van der Waals surface area contributed by atoms with Crippen LogP contribution in [0.25, 0.3) is 0 Å². The van der Waals surface area contributed by atoms with Gasteiger partial charge in [0.15, 0.2) is 0 Å². The zero-order chi connectivity index (χ0) is 9.10. The number of nitrogens with zero attached hydrogens (tertiary/aromatic N) is 1. The van der Waals surface area contributed by atoms with Crippen LogP contribution in [0.15, 0.2) is 52.5 Å². The average molecular weight is 171 g/mol. The fraction of sp³-hybridized carbons (Fsp3) is 0.0909. The van der Waals surface area contributed by atoms with Crippen molar-refractivity contribution in [1.82, 2.24) is 5.32 Å². The highest BCUT2D eigenvalue weighted by molar-refractivity contribution is 5.82. The molecular weight excluding hydrogens is 160 g/mol. The van der Waals surface area contributed by atoms with Crippen LogP contribution in [0.3, 0.4) is 0 Å². The molecule has 0 bridgehead atoms. The first-order chi connectivity index (χ1) is 6.36. The van der Waals surface area contributed by atoms with Crippen molar-refractivity contribution in [3.8, 4) is 0 Å². The quantitative estimate of drug-likeness (QED) is 0.593. The molecule has 0 spiro atoms. The summed E-state index contributed by atoms with van der Waals surface area (Å²) in [6, 6.07) is 0. The molecule has 1 radical (unpaired) electrons. The van der Waals surface area contributed by atoms with E-state index in [9.17, 15) is 0 Å². The van der Waals surface area contributed by atoms with E-state index in [4.69, 9.17) is 0 Å². The molecule has 1 N–H and O–H groups in total. The molecule has 0 fully saturated rings. The lowest BCUT2D eigenvalue weighted by molar-refractivity contribution is 1.09. The maximum atomic E-state index is 4.05. The molecule has 1 aliphatic carbocycles. The van der Waals surface area contributed by atoms with Gasteiger partial charge in [0.05, 0.1) is 11.9 Å². The van der Waals surface area contributed by atoms with E-state index in [1.54, 1.807) is 6.20 Å². The van der Waals surface area contributed by atoms with Crippen molar-refractivity contribution in [2.45, 2.75) is 6.92 Å². The van der Waals surface area contributed by atoms with E-state index in [0.29, 0.717) is 0 Å². The Morgan fingerprint density at radius 1 is 1.31 bits per heavy atom. The van der Waals surface area contributed by atoms with Gasteiger partial charge < -0.3 is 5.32 Å². The van der Waals surface area contributed by atoms with Gasteiger partial charge in [0, 0.05) is 18.8 Å². The summed E-state index contributed by atoms with van der Waals surface area (Å²) in [6.07, 6.45) is 13.7. The Balaban J connectivity index is 2.23. The van der Waals surface area contributed by atoms with Crippen LogP contribution in [0.5, 0.6) is 0 Å². The van der Waals surface area contributed by atoms with Crippen molar-refractivity contribution >= 4 is 6.21 Å². The number of hydrogen-bond donors (Lipinski definition) is 1. The van der Waals surface area contributed by atoms with E-state index in [1.165, 1.54) is 11.1 Å². The molecule has 0 saturated carbocycles. The topological polar surface area (TPSA) is 24.4 Å². The van der Waals surface area contributed by atoms with E-state index >= 15 is 0 Å². The summed E-state index contributed by atoms with van der Waals surface area (Å²) in [5.41, 5.74) is 3.48. The normalized spacial score (nSPS) is 25.8. The van der Waals surface area contributed by atoms with E-state index in [2.05, 4.69) is 41.9 Å². The summed E-state index contributed by atoms with van der Waals surface area (Å²) >= 11 is 0. The minimum absolute atomic E-state index is 1.04. The molecular formula is C11H11N2. The summed E-state index contributed by atoms with van der Waals surface area (Å²) in [7, 11) is 0. The van der Waals surface area contributed by atoms with Gasteiger partial charge in [-0.2, -0.15) is 0 Å². The van der Waals surface area contributed by atoms with Gasteiger partial charge in [-0.15, -0.1) is 0 Å². The van der Waals surface area contributed by atoms with Gasteiger partial charge in [0.25, 0.3) is 0 Å². The van der Waals surface area contributed by atoms with E-state index in [-0.39, 0.29) is 0 Å². The fourth-order valence-electron chi connectivity index (χ4n) is 1.22. The Morgan fingerprint density at radius 3 is 2.85 bits per heavy atom. The third kappa shape index (κ3) is 1.78. The minimum Gasteiger partial charge on any atom is -0.359 e.